The maximum absolute atomic E-state index is 11.1. The molecular weight excluding hydrogens is 177 g/mol. The SMILES string of the molecule is C=C(OP(C)(C)=O)C(=O)N(C)C. The summed E-state index contributed by atoms with van der Waals surface area (Å²) >= 11 is 0. The molecule has 0 saturated heterocycles. The fourth-order valence-corrected chi connectivity index (χ4v) is 1.16. The van der Waals surface area contributed by atoms with E-state index in [-0.39, 0.29) is 11.7 Å². The van der Waals surface area contributed by atoms with Gasteiger partial charge in [-0.05, 0) is 0 Å². The summed E-state index contributed by atoms with van der Waals surface area (Å²) in [7, 11) is 0.491. The third-order valence-corrected chi connectivity index (χ3v) is 1.63. The lowest BCUT2D eigenvalue weighted by Gasteiger charge is -2.15. The number of hydrogen-bond donors (Lipinski definition) is 0. The Kier molecular flexibility index (Phi) is 3.53. The smallest absolute Gasteiger partial charge is 0.288 e. The average molecular weight is 191 g/mol. The van der Waals surface area contributed by atoms with Crippen LogP contribution in [0.5, 0.6) is 0 Å². The maximum Gasteiger partial charge on any atom is 0.288 e. The summed E-state index contributed by atoms with van der Waals surface area (Å²) in [4.78, 5) is 12.4. The van der Waals surface area contributed by atoms with Crippen molar-refractivity contribution >= 4 is 13.3 Å². The summed E-state index contributed by atoms with van der Waals surface area (Å²) in [6.07, 6.45) is 0. The molecule has 0 aliphatic carbocycles. The lowest BCUT2D eigenvalue weighted by atomic mass is 10.5. The van der Waals surface area contributed by atoms with Crippen molar-refractivity contribution in [2.45, 2.75) is 0 Å². The molecule has 0 aromatic carbocycles. The number of amides is 1. The van der Waals surface area contributed by atoms with Crippen LogP contribution in [0.4, 0.5) is 0 Å². The zero-order valence-electron chi connectivity index (χ0n) is 7.83. The second-order valence-corrected chi connectivity index (χ2v) is 5.65. The molecule has 0 radical (unpaired) electrons. The van der Waals surface area contributed by atoms with Crippen LogP contribution >= 0.6 is 7.37 Å². The predicted molar refractivity (Wildman–Crippen MR) is 48.4 cm³/mol. The van der Waals surface area contributed by atoms with Gasteiger partial charge in [0.25, 0.3) is 5.91 Å². The van der Waals surface area contributed by atoms with Crippen molar-refractivity contribution in [3.8, 4) is 0 Å². The maximum atomic E-state index is 11.1. The van der Waals surface area contributed by atoms with E-state index in [1.807, 2.05) is 0 Å². The predicted octanol–water partition coefficient (Wildman–Crippen LogP) is 1.14. The molecule has 0 aliphatic rings. The van der Waals surface area contributed by atoms with Crippen LogP contribution in [0.15, 0.2) is 12.3 Å². The van der Waals surface area contributed by atoms with Crippen molar-refractivity contribution in [1.29, 1.82) is 0 Å². The lowest BCUT2D eigenvalue weighted by molar-refractivity contribution is -0.126. The average Bonchev–Trinajstić information content (AvgIpc) is 1.82. The molecule has 1 amide bonds. The summed E-state index contributed by atoms with van der Waals surface area (Å²) in [6.45, 7) is 6.24. The van der Waals surface area contributed by atoms with E-state index < -0.39 is 7.37 Å². The molecular formula is C7H14NO3P. The molecule has 0 fully saturated rings. The van der Waals surface area contributed by atoms with Gasteiger partial charge >= 0.3 is 0 Å². The van der Waals surface area contributed by atoms with Gasteiger partial charge in [-0.25, -0.2) is 0 Å². The van der Waals surface area contributed by atoms with Gasteiger partial charge in [-0.2, -0.15) is 0 Å². The second kappa shape index (κ2) is 3.76. The fourth-order valence-electron chi connectivity index (χ4n) is 0.554. The molecule has 5 heteroatoms. The minimum absolute atomic E-state index is 0.0756. The van der Waals surface area contributed by atoms with E-state index in [4.69, 9.17) is 4.52 Å². The number of rotatable bonds is 3. The minimum Gasteiger partial charge on any atom is -0.438 e. The first-order valence-corrected chi connectivity index (χ1v) is 5.91. The Bertz CT molecular complexity index is 241. The molecule has 4 nitrogen and oxygen atoms in total. The molecule has 0 bridgehead atoms. The van der Waals surface area contributed by atoms with Crippen molar-refractivity contribution in [2.24, 2.45) is 0 Å². The van der Waals surface area contributed by atoms with E-state index in [1.165, 1.54) is 18.2 Å². The van der Waals surface area contributed by atoms with E-state index in [1.54, 1.807) is 14.1 Å². The Balaban J connectivity index is 4.25. The zero-order valence-corrected chi connectivity index (χ0v) is 8.72. The molecule has 0 rings (SSSR count). The van der Waals surface area contributed by atoms with Gasteiger partial charge in [-0.1, -0.05) is 6.58 Å². The standard InChI is InChI=1S/C7H14NO3P/c1-6(7(9)8(2)3)11-12(4,5)10/h1H2,2-5H3. The normalized spacial score (nSPS) is 10.7. The van der Waals surface area contributed by atoms with E-state index in [9.17, 15) is 9.36 Å². The Hall–Kier alpha value is -0.760. The number of carbonyl (C=O) groups is 1. The molecule has 12 heavy (non-hydrogen) atoms. The first-order chi connectivity index (χ1) is 5.24. The highest BCUT2D eigenvalue weighted by atomic mass is 31.2. The Morgan fingerprint density at radius 1 is 1.42 bits per heavy atom. The number of nitrogens with zero attached hydrogens (tertiary/aromatic N) is 1. The largest absolute Gasteiger partial charge is 0.438 e. The van der Waals surface area contributed by atoms with Crippen LogP contribution in [0.25, 0.3) is 0 Å². The highest BCUT2D eigenvalue weighted by Crippen LogP contribution is 2.39. The van der Waals surface area contributed by atoms with Crippen LogP contribution in [0.2, 0.25) is 0 Å². The summed E-state index contributed by atoms with van der Waals surface area (Å²) in [5.41, 5.74) is 0. The molecule has 0 N–H and O–H groups in total. The second-order valence-electron chi connectivity index (χ2n) is 2.97. The van der Waals surface area contributed by atoms with Crippen LogP contribution in [-0.4, -0.2) is 38.2 Å². The van der Waals surface area contributed by atoms with E-state index in [0.717, 1.165) is 0 Å². The topological polar surface area (TPSA) is 46.6 Å². The quantitative estimate of drug-likeness (QED) is 0.382. The Morgan fingerprint density at radius 3 is 2.08 bits per heavy atom. The summed E-state index contributed by atoms with van der Waals surface area (Å²) in [5.74, 6) is -0.438. The van der Waals surface area contributed by atoms with Crippen molar-refractivity contribution in [3.63, 3.8) is 0 Å². The van der Waals surface area contributed by atoms with Crippen LogP contribution in [0.1, 0.15) is 0 Å². The third kappa shape index (κ3) is 4.19. The first kappa shape index (κ1) is 11.2. The molecule has 0 atom stereocenters. The molecule has 70 valence electrons. The summed E-state index contributed by atoms with van der Waals surface area (Å²) < 4.78 is 15.9. The summed E-state index contributed by atoms with van der Waals surface area (Å²) in [6, 6.07) is 0. The van der Waals surface area contributed by atoms with Gasteiger partial charge in [0.05, 0.1) is 0 Å². The first-order valence-electron chi connectivity index (χ1n) is 3.39. The van der Waals surface area contributed by atoms with Crippen LogP contribution in [0.3, 0.4) is 0 Å². The molecule has 0 heterocycles. The number of carbonyl (C=O) groups excluding carboxylic acids is 1. The molecule has 0 spiro atoms. The fraction of sp³-hybridized carbons (Fsp3) is 0.571. The van der Waals surface area contributed by atoms with Gasteiger partial charge in [0.2, 0.25) is 7.37 Å². The molecule has 0 aromatic rings. The molecule has 0 aliphatic heterocycles. The Labute approximate surface area is 72.7 Å². The van der Waals surface area contributed by atoms with Gasteiger partial charge < -0.3 is 9.42 Å². The van der Waals surface area contributed by atoms with E-state index >= 15 is 0 Å². The monoisotopic (exact) mass is 191 g/mol. The summed E-state index contributed by atoms with van der Waals surface area (Å²) in [5, 5.41) is 0. The molecule has 0 unspecified atom stereocenters. The van der Waals surface area contributed by atoms with Crippen LogP contribution < -0.4 is 0 Å². The lowest BCUT2D eigenvalue weighted by Crippen LogP contribution is -2.23. The number of likely N-dealkylation sites (N-methyl/N-ethyl adjacent to an activating group) is 1. The molecule has 0 saturated carbocycles. The molecule has 0 aromatic heterocycles. The van der Waals surface area contributed by atoms with E-state index in [0.29, 0.717) is 0 Å². The van der Waals surface area contributed by atoms with Gasteiger partial charge in [0, 0.05) is 27.4 Å². The van der Waals surface area contributed by atoms with Crippen LogP contribution in [0, 0.1) is 0 Å². The zero-order chi connectivity index (χ0) is 9.94. The third-order valence-electron chi connectivity index (χ3n) is 0.975. The van der Waals surface area contributed by atoms with Gasteiger partial charge in [0.15, 0.2) is 5.76 Å². The van der Waals surface area contributed by atoms with Crippen molar-refractivity contribution in [2.75, 3.05) is 27.4 Å². The Morgan fingerprint density at radius 2 is 1.83 bits per heavy atom. The van der Waals surface area contributed by atoms with Gasteiger partial charge in [0.1, 0.15) is 0 Å². The number of hydrogen-bond acceptors (Lipinski definition) is 3. The van der Waals surface area contributed by atoms with Gasteiger partial charge in [-0.3, -0.25) is 9.36 Å². The van der Waals surface area contributed by atoms with Crippen molar-refractivity contribution in [1.82, 2.24) is 4.90 Å². The van der Waals surface area contributed by atoms with Gasteiger partial charge in [-0.15, -0.1) is 0 Å². The highest BCUT2D eigenvalue weighted by molar-refractivity contribution is 7.57. The highest BCUT2D eigenvalue weighted by Gasteiger charge is 2.16. The van der Waals surface area contributed by atoms with Crippen LogP contribution in [-0.2, 0) is 13.9 Å². The van der Waals surface area contributed by atoms with Crippen molar-refractivity contribution < 1.29 is 13.9 Å². The van der Waals surface area contributed by atoms with Crippen molar-refractivity contribution in [3.05, 3.63) is 12.3 Å². The van der Waals surface area contributed by atoms with E-state index in [2.05, 4.69) is 6.58 Å². The minimum atomic E-state index is -2.66.